The highest BCUT2D eigenvalue weighted by atomic mass is 35.5. The molecule has 2 amide bonds. The van der Waals surface area contributed by atoms with Crippen molar-refractivity contribution in [2.45, 2.75) is 19.3 Å². The Morgan fingerprint density at radius 3 is 2.52 bits per heavy atom. The average molecular weight is 364 g/mol. The zero-order valence-corrected chi connectivity index (χ0v) is 14.5. The van der Waals surface area contributed by atoms with E-state index in [1.54, 1.807) is 16.9 Å². The third kappa shape index (κ3) is 4.18. The molecule has 1 aliphatic rings. The molecule has 7 nitrogen and oxygen atoms in total. The summed E-state index contributed by atoms with van der Waals surface area (Å²) >= 11 is 0. The Labute approximate surface area is 152 Å². The fourth-order valence-corrected chi connectivity index (χ4v) is 3.20. The Bertz CT molecular complexity index is 744. The Balaban J connectivity index is 0.00000225. The van der Waals surface area contributed by atoms with Crippen LogP contribution in [0.2, 0.25) is 0 Å². The molecule has 0 saturated heterocycles. The van der Waals surface area contributed by atoms with Gasteiger partial charge in [0.15, 0.2) is 0 Å². The van der Waals surface area contributed by atoms with Crippen LogP contribution in [-0.2, 0) is 4.79 Å². The molecule has 134 valence electrons. The number of hydrogen-bond donors (Lipinski definition) is 3. The van der Waals surface area contributed by atoms with E-state index in [-0.39, 0.29) is 35.8 Å². The zero-order chi connectivity index (χ0) is 17.1. The number of amides is 2. The quantitative estimate of drug-likeness (QED) is 0.749. The van der Waals surface area contributed by atoms with Crippen LogP contribution in [0.5, 0.6) is 0 Å². The van der Waals surface area contributed by atoms with Crippen molar-refractivity contribution in [3.05, 3.63) is 42.2 Å². The number of primary amides is 1. The van der Waals surface area contributed by atoms with Gasteiger partial charge in [0.05, 0.1) is 5.69 Å². The van der Waals surface area contributed by atoms with Crippen molar-refractivity contribution >= 4 is 29.9 Å². The third-order valence-electron chi connectivity index (χ3n) is 4.54. The van der Waals surface area contributed by atoms with Crippen molar-refractivity contribution in [2.75, 3.05) is 11.9 Å². The first-order valence-electron chi connectivity index (χ1n) is 8.05. The van der Waals surface area contributed by atoms with Crippen LogP contribution < -0.4 is 16.8 Å². The molecular formula is C17H22ClN5O2. The van der Waals surface area contributed by atoms with Crippen LogP contribution in [0.25, 0.3) is 5.69 Å². The number of carbonyl (C=O) groups excluding carboxylic acids is 2. The van der Waals surface area contributed by atoms with E-state index in [9.17, 15) is 9.59 Å². The maximum atomic E-state index is 12.4. The standard InChI is InChI=1S/C17H21N5O2.ClH/c18-10-11-2-1-3-14(11)17(24)20-12-4-6-13(7-5-12)22-9-8-15(21-22)16(19)23;/h4-9,11,14H,1-3,10,18H2,(H2,19,23)(H,20,24);1H/t11-,14-;/m1./s1. The van der Waals surface area contributed by atoms with Gasteiger partial charge in [0.1, 0.15) is 5.69 Å². The van der Waals surface area contributed by atoms with E-state index in [4.69, 9.17) is 11.5 Å². The van der Waals surface area contributed by atoms with Gasteiger partial charge >= 0.3 is 0 Å². The third-order valence-corrected chi connectivity index (χ3v) is 4.54. The fourth-order valence-electron chi connectivity index (χ4n) is 3.20. The normalized spacial score (nSPS) is 19.2. The van der Waals surface area contributed by atoms with Gasteiger partial charge in [0, 0.05) is 17.8 Å². The number of halogens is 1. The van der Waals surface area contributed by atoms with Gasteiger partial charge in [0.2, 0.25) is 5.91 Å². The van der Waals surface area contributed by atoms with Gasteiger partial charge < -0.3 is 16.8 Å². The lowest BCUT2D eigenvalue weighted by Gasteiger charge is -2.17. The second-order valence-electron chi connectivity index (χ2n) is 6.08. The molecule has 0 radical (unpaired) electrons. The van der Waals surface area contributed by atoms with E-state index >= 15 is 0 Å². The van der Waals surface area contributed by atoms with E-state index in [2.05, 4.69) is 10.4 Å². The van der Waals surface area contributed by atoms with E-state index in [1.807, 2.05) is 24.3 Å². The number of nitrogens with one attached hydrogen (secondary N) is 1. The Morgan fingerprint density at radius 2 is 1.92 bits per heavy atom. The molecule has 2 atom stereocenters. The summed E-state index contributed by atoms with van der Waals surface area (Å²) in [4.78, 5) is 23.5. The van der Waals surface area contributed by atoms with Crippen molar-refractivity contribution in [1.29, 1.82) is 0 Å². The van der Waals surface area contributed by atoms with Gasteiger partial charge in [-0.3, -0.25) is 9.59 Å². The maximum absolute atomic E-state index is 12.4. The van der Waals surface area contributed by atoms with Crippen LogP contribution in [0.15, 0.2) is 36.5 Å². The molecule has 0 unspecified atom stereocenters. The maximum Gasteiger partial charge on any atom is 0.269 e. The van der Waals surface area contributed by atoms with Gasteiger partial charge in [-0.05, 0) is 55.6 Å². The largest absolute Gasteiger partial charge is 0.364 e. The molecule has 0 bridgehead atoms. The van der Waals surface area contributed by atoms with Crippen LogP contribution in [0.4, 0.5) is 5.69 Å². The molecule has 5 N–H and O–H groups in total. The SMILES string of the molecule is Cl.NC[C@H]1CCC[C@H]1C(=O)Nc1ccc(-n2ccc(C(N)=O)n2)cc1. The molecule has 1 heterocycles. The van der Waals surface area contributed by atoms with Gasteiger partial charge in [-0.1, -0.05) is 6.42 Å². The highest BCUT2D eigenvalue weighted by molar-refractivity contribution is 5.93. The van der Waals surface area contributed by atoms with Crippen LogP contribution in [0.3, 0.4) is 0 Å². The number of nitrogens with two attached hydrogens (primary N) is 2. The van der Waals surface area contributed by atoms with Gasteiger partial charge in [-0.25, -0.2) is 4.68 Å². The average Bonchev–Trinajstić information content (AvgIpc) is 3.24. The predicted molar refractivity (Wildman–Crippen MR) is 97.8 cm³/mol. The van der Waals surface area contributed by atoms with E-state index in [0.29, 0.717) is 6.54 Å². The second kappa shape index (κ2) is 8.13. The zero-order valence-electron chi connectivity index (χ0n) is 13.7. The first kappa shape index (κ1) is 19.0. The molecule has 3 rings (SSSR count). The summed E-state index contributed by atoms with van der Waals surface area (Å²) in [5, 5.41) is 7.05. The molecule has 0 spiro atoms. The molecule has 0 aliphatic heterocycles. The summed E-state index contributed by atoms with van der Waals surface area (Å²) in [7, 11) is 0. The number of benzene rings is 1. The van der Waals surface area contributed by atoms with E-state index < -0.39 is 5.91 Å². The smallest absolute Gasteiger partial charge is 0.269 e. The number of hydrogen-bond acceptors (Lipinski definition) is 4. The summed E-state index contributed by atoms with van der Waals surface area (Å²) in [5.41, 5.74) is 12.7. The predicted octanol–water partition coefficient (Wildman–Crippen LogP) is 1.71. The Kier molecular flexibility index (Phi) is 6.17. The Hall–Kier alpha value is -2.38. The molecule has 1 saturated carbocycles. The number of anilines is 1. The number of aromatic nitrogens is 2. The van der Waals surface area contributed by atoms with Crippen molar-refractivity contribution in [2.24, 2.45) is 23.3 Å². The second-order valence-corrected chi connectivity index (χ2v) is 6.08. The number of rotatable bonds is 5. The monoisotopic (exact) mass is 363 g/mol. The molecule has 1 aromatic carbocycles. The number of carbonyl (C=O) groups is 2. The summed E-state index contributed by atoms with van der Waals surface area (Å²) in [6.07, 6.45) is 4.64. The van der Waals surface area contributed by atoms with Crippen LogP contribution >= 0.6 is 12.4 Å². The van der Waals surface area contributed by atoms with Crippen LogP contribution in [-0.4, -0.2) is 28.1 Å². The number of nitrogens with zero attached hydrogens (tertiary/aromatic N) is 2. The molecule has 25 heavy (non-hydrogen) atoms. The van der Waals surface area contributed by atoms with E-state index in [0.717, 1.165) is 30.6 Å². The van der Waals surface area contributed by atoms with Crippen LogP contribution in [0.1, 0.15) is 29.8 Å². The molecule has 1 aliphatic carbocycles. The van der Waals surface area contributed by atoms with E-state index in [1.165, 1.54) is 0 Å². The van der Waals surface area contributed by atoms with Crippen molar-refractivity contribution < 1.29 is 9.59 Å². The highest BCUT2D eigenvalue weighted by Gasteiger charge is 2.31. The summed E-state index contributed by atoms with van der Waals surface area (Å²) in [6, 6.07) is 8.83. The molecular weight excluding hydrogens is 342 g/mol. The summed E-state index contributed by atoms with van der Waals surface area (Å²) in [6.45, 7) is 0.554. The lowest BCUT2D eigenvalue weighted by atomic mass is 9.95. The van der Waals surface area contributed by atoms with Crippen molar-refractivity contribution in [3.63, 3.8) is 0 Å². The van der Waals surface area contributed by atoms with Gasteiger partial charge in [-0.2, -0.15) is 5.10 Å². The Morgan fingerprint density at radius 1 is 1.20 bits per heavy atom. The first-order valence-corrected chi connectivity index (χ1v) is 8.05. The van der Waals surface area contributed by atoms with Crippen molar-refractivity contribution in [3.8, 4) is 5.69 Å². The van der Waals surface area contributed by atoms with Gasteiger partial charge in [-0.15, -0.1) is 12.4 Å². The molecule has 8 heteroatoms. The topological polar surface area (TPSA) is 116 Å². The molecule has 1 aromatic heterocycles. The minimum Gasteiger partial charge on any atom is -0.364 e. The molecule has 2 aromatic rings. The minimum atomic E-state index is -0.566. The summed E-state index contributed by atoms with van der Waals surface area (Å²) in [5.74, 6) is -0.256. The minimum absolute atomic E-state index is 0. The highest BCUT2D eigenvalue weighted by Crippen LogP contribution is 2.31. The van der Waals surface area contributed by atoms with Gasteiger partial charge in [0.25, 0.3) is 5.91 Å². The summed E-state index contributed by atoms with van der Waals surface area (Å²) < 4.78 is 1.56. The molecule has 1 fully saturated rings. The van der Waals surface area contributed by atoms with Crippen LogP contribution in [0, 0.1) is 11.8 Å². The lowest BCUT2D eigenvalue weighted by Crippen LogP contribution is -2.29. The van der Waals surface area contributed by atoms with Crippen molar-refractivity contribution in [1.82, 2.24) is 9.78 Å². The lowest BCUT2D eigenvalue weighted by molar-refractivity contribution is -0.120. The fraction of sp³-hybridized carbons (Fsp3) is 0.353. The first-order chi connectivity index (χ1) is 11.6.